The van der Waals surface area contributed by atoms with Crippen molar-refractivity contribution in [3.05, 3.63) is 53.6 Å². The number of carbonyl (C=O) groups excluding carboxylic acids is 1. The number of halogens is 1. The van der Waals surface area contributed by atoms with Crippen LogP contribution in [0.25, 0.3) is 0 Å². The van der Waals surface area contributed by atoms with Crippen LogP contribution < -0.4 is 10.4 Å². The maximum absolute atomic E-state index is 12.9. The zero-order valence-corrected chi connectivity index (χ0v) is 10.1. The number of nitrogens with zero attached hydrogens (tertiary/aromatic N) is 2. The fraction of sp³-hybridized carbons (Fsp3) is 0.0769. The lowest BCUT2D eigenvalue weighted by Crippen LogP contribution is -2.23. The van der Waals surface area contributed by atoms with Crippen LogP contribution in [0.2, 0.25) is 0 Å². The first kappa shape index (κ1) is 13.0. The van der Waals surface area contributed by atoms with Gasteiger partial charge in [-0.2, -0.15) is 0 Å². The molecule has 0 radical (unpaired) electrons. The Morgan fingerprint density at radius 2 is 2.00 bits per heavy atom. The Bertz CT molecular complexity index is 587. The van der Waals surface area contributed by atoms with Crippen molar-refractivity contribution in [2.45, 2.75) is 6.92 Å². The minimum absolute atomic E-state index is 0.290. The molecule has 0 aliphatic rings. The lowest BCUT2D eigenvalue weighted by Gasteiger charge is -2.21. The maximum atomic E-state index is 12.9. The number of hydrogen-bond donors (Lipinski definition) is 1. The van der Waals surface area contributed by atoms with Gasteiger partial charge in [0.25, 0.3) is 0 Å². The van der Waals surface area contributed by atoms with E-state index < -0.39 is 5.82 Å². The smallest absolute Gasteiger partial charge is 0.229 e. The molecule has 0 unspecified atom stereocenters. The predicted octanol–water partition coefficient (Wildman–Crippen LogP) is 2.82. The molecular weight excluding hydrogens is 249 g/mol. The van der Waals surface area contributed by atoms with E-state index in [1.165, 1.54) is 54.4 Å². The van der Waals surface area contributed by atoms with E-state index in [9.17, 15) is 14.4 Å². The Labute approximate surface area is 109 Å². The van der Waals surface area contributed by atoms with Crippen molar-refractivity contribution in [1.82, 2.24) is 4.98 Å². The molecule has 2 aromatic rings. The first-order chi connectivity index (χ1) is 9.11. The summed E-state index contributed by atoms with van der Waals surface area (Å²) in [6.45, 7) is 1.36. The topological polar surface area (TPSA) is 68.3 Å². The summed E-state index contributed by atoms with van der Waals surface area (Å²) in [5.41, 5.74) is 2.50. The van der Waals surface area contributed by atoms with Crippen molar-refractivity contribution >= 4 is 23.1 Å². The van der Waals surface area contributed by atoms with Crippen molar-refractivity contribution in [2.24, 2.45) is 0 Å². The first-order valence-electron chi connectivity index (χ1n) is 5.52. The highest BCUT2D eigenvalue weighted by molar-refractivity contribution is 5.98. The van der Waals surface area contributed by atoms with Gasteiger partial charge < -0.3 is 10.7 Å². The summed E-state index contributed by atoms with van der Waals surface area (Å²) in [5, 5.41) is 10.6. The summed E-state index contributed by atoms with van der Waals surface area (Å²) in [7, 11) is 0. The van der Waals surface area contributed by atoms with Gasteiger partial charge in [0.1, 0.15) is 11.6 Å². The summed E-state index contributed by atoms with van der Waals surface area (Å²) >= 11 is 0. The molecule has 2 rings (SSSR count). The van der Waals surface area contributed by atoms with Gasteiger partial charge in [-0.25, -0.2) is 9.37 Å². The Morgan fingerprint density at radius 1 is 1.32 bits per heavy atom. The molecule has 0 bridgehead atoms. The first-order valence-corrected chi connectivity index (χ1v) is 5.52. The molecule has 19 heavy (non-hydrogen) atoms. The van der Waals surface area contributed by atoms with Crippen molar-refractivity contribution in [1.29, 1.82) is 0 Å². The third-order valence-corrected chi connectivity index (χ3v) is 2.49. The van der Waals surface area contributed by atoms with Crippen LogP contribution in [0.15, 0.2) is 42.6 Å². The Kier molecular flexibility index (Phi) is 3.72. The fourth-order valence-corrected chi connectivity index (χ4v) is 1.67. The van der Waals surface area contributed by atoms with Gasteiger partial charge in [-0.1, -0.05) is 0 Å². The van der Waals surface area contributed by atoms with Gasteiger partial charge in [0.05, 0.1) is 5.69 Å². The summed E-state index contributed by atoms with van der Waals surface area (Å²) in [5.74, 6) is -0.391. The molecule has 5 nitrogen and oxygen atoms in total. The van der Waals surface area contributed by atoms with Gasteiger partial charge >= 0.3 is 0 Å². The molecule has 0 aliphatic carbocycles. The van der Waals surface area contributed by atoms with Crippen LogP contribution >= 0.6 is 0 Å². The van der Waals surface area contributed by atoms with Crippen LogP contribution in [0.5, 0.6) is 0 Å². The summed E-state index contributed by atoms with van der Waals surface area (Å²) < 4.78 is 12.9. The number of nitrogens with one attached hydrogen (secondary N) is 1. The second-order valence-corrected chi connectivity index (χ2v) is 3.84. The number of anilines is 3. The minimum atomic E-state index is -0.393. The number of amides is 1. The lowest BCUT2D eigenvalue weighted by atomic mass is 10.2. The normalized spacial score (nSPS) is 10.1. The third kappa shape index (κ3) is 2.86. The van der Waals surface area contributed by atoms with Gasteiger partial charge in [-0.15, -0.1) is 0 Å². The Morgan fingerprint density at radius 3 is 2.58 bits per heavy atom. The average Bonchev–Trinajstić information content (AvgIpc) is 2.41. The van der Waals surface area contributed by atoms with E-state index in [0.29, 0.717) is 17.2 Å². The fourth-order valence-electron chi connectivity index (χ4n) is 1.67. The standard InChI is InChI=1S/C13H11FN3O2/c1-9(18)17(12-4-2-10(14)3-5-12)13-8-11(16-19)6-7-15-13/h2-8H,1H3,(H-,15,16,19)/q-1. The molecule has 0 saturated heterocycles. The SMILES string of the molecule is CC(=O)N(c1ccc(F)cc1)c1cc(N[O-])ccn1. The number of carbonyl (C=O) groups is 1. The number of pyridine rings is 1. The molecular formula is C13H11FN3O2-. The van der Waals surface area contributed by atoms with Crippen LogP contribution in [-0.4, -0.2) is 10.9 Å². The zero-order chi connectivity index (χ0) is 13.8. The highest BCUT2D eigenvalue weighted by Crippen LogP contribution is 2.25. The van der Waals surface area contributed by atoms with Crippen LogP contribution in [0.4, 0.5) is 21.6 Å². The van der Waals surface area contributed by atoms with E-state index in [0.717, 1.165) is 0 Å². The van der Waals surface area contributed by atoms with Crippen molar-refractivity contribution in [3.63, 3.8) is 0 Å². The molecule has 1 aromatic carbocycles. The van der Waals surface area contributed by atoms with Gasteiger partial charge in [0, 0.05) is 24.9 Å². The monoisotopic (exact) mass is 260 g/mol. The lowest BCUT2D eigenvalue weighted by molar-refractivity contribution is -0.115. The van der Waals surface area contributed by atoms with Gasteiger partial charge in [0.15, 0.2) is 0 Å². The molecule has 0 spiro atoms. The molecule has 0 saturated carbocycles. The van der Waals surface area contributed by atoms with Gasteiger partial charge in [-0.3, -0.25) is 9.69 Å². The molecule has 1 heterocycles. The minimum Gasteiger partial charge on any atom is -0.761 e. The third-order valence-electron chi connectivity index (χ3n) is 2.49. The van der Waals surface area contributed by atoms with Crippen LogP contribution in [0.3, 0.4) is 0 Å². The second kappa shape index (κ2) is 5.45. The van der Waals surface area contributed by atoms with E-state index in [1.807, 2.05) is 0 Å². The summed E-state index contributed by atoms with van der Waals surface area (Å²) in [6, 6.07) is 8.37. The van der Waals surface area contributed by atoms with Gasteiger partial charge in [-0.05, 0) is 30.3 Å². The molecule has 1 N–H and O–H groups in total. The number of hydrogen-bond acceptors (Lipinski definition) is 4. The van der Waals surface area contributed by atoms with E-state index in [2.05, 4.69) is 4.98 Å². The highest BCUT2D eigenvalue weighted by Gasteiger charge is 2.15. The molecule has 0 aliphatic heterocycles. The van der Waals surface area contributed by atoms with Crippen molar-refractivity contribution in [2.75, 3.05) is 10.4 Å². The van der Waals surface area contributed by atoms with Crippen molar-refractivity contribution < 1.29 is 9.18 Å². The molecule has 0 fully saturated rings. The van der Waals surface area contributed by atoms with E-state index in [4.69, 9.17) is 0 Å². The maximum Gasteiger partial charge on any atom is 0.229 e. The average molecular weight is 260 g/mol. The van der Waals surface area contributed by atoms with E-state index in [1.54, 1.807) is 5.48 Å². The zero-order valence-electron chi connectivity index (χ0n) is 10.1. The van der Waals surface area contributed by atoms with Crippen LogP contribution in [0, 0.1) is 11.0 Å². The summed E-state index contributed by atoms with van der Waals surface area (Å²) in [6.07, 6.45) is 1.41. The van der Waals surface area contributed by atoms with E-state index in [-0.39, 0.29) is 5.91 Å². The second-order valence-electron chi connectivity index (χ2n) is 3.84. The van der Waals surface area contributed by atoms with Crippen LogP contribution in [0.1, 0.15) is 6.92 Å². The number of aromatic nitrogens is 1. The largest absolute Gasteiger partial charge is 0.761 e. The summed E-state index contributed by atoms with van der Waals surface area (Å²) in [4.78, 5) is 17.1. The molecule has 98 valence electrons. The Hall–Kier alpha value is -2.47. The number of benzene rings is 1. The quantitative estimate of drug-likeness (QED) is 0.861. The van der Waals surface area contributed by atoms with E-state index >= 15 is 0 Å². The molecule has 6 heteroatoms. The molecule has 1 aromatic heterocycles. The predicted molar refractivity (Wildman–Crippen MR) is 70.4 cm³/mol. The van der Waals surface area contributed by atoms with Crippen molar-refractivity contribution in [3.8, 4) is 0 Å². The molecule has 1 amide bonds. The molecule has 0 atom stereocenters. The Balaban J connectivity index is 2.45. The van der Waals surface area contributed by atoms with Crippen LogP contribution in [-0.2, 0) is 4.79 Å². The number of rotatable bonds is 3. The van der Waals surface area contributed by atoms with Gasteiger partial charge in [0.2, 0.25) is 5.91 Å². The highest BCUT2D eigenvalue weighted by atomic mass is 19.1.